The van der Waals surface area contributed by atoms with Crippen LogP contribution in [-0.4, -0.2) is 39.0 Å². The van der Waals surface area contributed by atoms with Crippen LogP contribution in [0.1, 0.15) is 34.2 Å². The van der Waals surface area contributed by atoms with Gasteiger partial charge < -0.3 is 14.4 Å². The van der Waals surface area contributed by atoms with E-state index in [1.165, 1.54) is 16.5 Å². The third-order valence-electron chi connectivity index (χ3n) is 4.43. The van der Waals surface area contributed by atoms with E-state index in [2.05, 4.69) is 46.3 Å². The number of aromatic nitrogens is 3. The van der Waals surface area contributed by atoms with Crippen LogP contribution < -0.4 is 0 Å². The molecule has 3 aromatic rings. The molecule has 6 heteroatoms. The predicted molar refractivity (Wildman–Crippen MR) is 90.6 cm³/mol. The summed E-state index contributed by atoms with van der Waals surface area (Å²) in [5.74, 6) is 0.353. The number of H-pyrrole nitrogens is 1. The number of hydrogen-bond acceptors (Lipinski definition) is 4. The summed E-state index contributed by atoms with van der Waals surface area (Å²) in [4.78, 5) is 21.6. The van der Waals surface area contributed by atoms with Gasteiger partial charge in [-0.25, -0.2) is 0 Å². The van der Waals surface area contributed by atoms with E-state index in [0.29, 0.717) is 19.0 Å². The third kappa shape index (κ3) is 2.40. The van der Waals surface area contributed by atoms with Crippen molar-refractivity contribution in [2.24, 2.45) is 0 Å². The average Bonchev–Trinajstić information content (AvgIpc) is 3.17. The Morgan fingerprint density at radius 1 is 1.29 bits per heavy atom. The van der Waals surface area contributed by atoms with Crippen LogP contribution in [0.5, 0.6) is 0 Å². The van der Waals surface area contributed by atoms with E-state index < -0.39 is 0 Å². The Morgan fingerprint density at radius 2 is 2.12 bits per heavy atom. The Balaban J connectivity index is 1.60. The molecule has 0 fully saturated rings. The van der Waals surface area contributed by atoms with Crippen molar-refractivity contribution in [3.05, 3.63) is 53.3 Å². The molecule has 0 saturated carbocycles. The van der Waals surface area contributed by atoms with Crippen molar-refractivity contribution >= 4 is 22.4 Å². The van der Waals surface area contributed by atoms with E-state index in [-0.39, 0.29) is 11.7 Å². The van der Waals surface area contributed by atoms with E-state index in [1.807, 2.05) is 6.07 Å². The quantitative estimate of drug-likeness (QED) is 0.786. The zero-order chi connectivity index (χ0) is 16.7. The highest BCUT2D eigenvalue weighted by molar-refractivity contribution is 5.95. The topological polar surface area (TPSA) is 75.0 Å². The standard InChI is InChI=1S/C18H18N4O2/c1-11-16(14-5-3-4-6-15(14)19-11)13-7-9-22(10-8-13)18(23)17-20-12(2)24-21-17/h3-7,19H,8-10H2,1-2H3. The summed E-state index contributed by atoms with van der Waals surface area (Å²) in [5, 5.41) is 4.94. The highest BCUT2D eigenvalue weighted by Crippen LogP contribution is 2.32. The first-order valence-electron chi connectivity index (χ1n) is 8.00. The van der Waals surface area contributed by atoms with E-state index in [9.17, 15) is 4.79 Å². The van der Waals surface area contributed by atoms with Gasteiger partial charge in [0.15, 0.2) is 0 Å². The summed E-state index contributed by atoms with van der Waals surface area (Å²) < 4.78 is 4.89. The van der Waals surface area contributed by atoms with Crippen LogP contribution in [0.25, 0.3) is 16.5 Å². The minimum Gasteiger partial charge on any atom is -0.358 e. The van der Waals surface area contributed by atoms with Gasteiger partial charge in [-0.15, -0.1) is 0 Å². The lowest BCUT2D eigenvalue weighted by Crippen LogP contribution is -2.35. The number of hydrogen-bond donors (Lipinski definition) is 1. The van der Waals surface area contributed by atoms with Crippen LogP contribution in [0.3, 0.4) is 0 Å². The zero-order valence-electron chi connectivity index (χ0n) is 13.7. The fourth-order valence-electron chi connectivity index (χ4n) is 3.30. The van der Waals surface area contributed by atoms with Gasteiger partial charge in [0.1, 0.15) is 0 Å². The van der Waals surface area contributed by atoms with Gasteiger partial charge in [-0.2, -0.15) is 4.98 Å². The van der Waals surface area contributed by atoms with Crippen molar-refractivity contribution in [1.82, 2.24) is 20.0 Å². The number of nitrogens with one attached hydrogen (secondary N) is 1. The Hall–Kier alpha value is -2.89. The maximum absolute atomic E-state index is 12.4. The van der Waals surface area contributed by atoms with Crippen LogP contribution in [0, 0.1) is 13.8 Å². The first kappa shape index (κ1) is 14.7. The highest BCUT2D eigenvalue weighted by atomic mass is 16.5. The Morgan fingerprint density at radius 3 is 2.83 bits per heavy atom. The first-order valence-corrected chi connectivity index (χ1v) is 8.00. The smallest absolute Gasteiger partial charge is 0.295 e. The SMILES string of the molecule is Cc1nc(C(=O)N2CC=C(c3c(C)[nH]c4ccccc34)CC2)no1. The average molecular weight is 322 g/mol. The maximum atomic E-state index is 12.4. The number of aromatic amines is 1. The van der Waals surface area contributed by atoms with Gasteiger partial charge in [-0.05, 0) is 25.0 Å². The van der Waals surface area contributed by atoms with Crippen LogP contribution in [0.2, 0.25) is 0 Å². The lowest BCUT2D eigenvalue weighted by atomic mass is 9.96. The molecule has 0 bridgehead atoms. The molecule has 0 unspecified atom stereocenters. The number of carbonyl (C=O) groups excluding carboxylic acids is 1. The first-order chi connectivity index (χ1) is 11.6. The molecule has 0 spiro atoms. The van der Waals surface area contributed by atoms with Gasteiger partial charge in [-0.1, -0.05) is 29.4 Å². The lowest BCUT2D eigenvalue weighted by molar-refractivity contribution is 0.0757. The molecule has 1 amide bonds. The van der Waals surface area contributed by atoms with Crippen molar-refractivity contribution in [3.63, 3.8) is 0 Å². The highest BCUT2D eigenvalue weighted by Gasteiger charge is 2.24. The van der Waals surface area contributed by atoms with Gasteiger partial charge in [0.25, 0.3) is 11.7 Å². The van der Waals surface area contributed by atoms with E-state index in [0.717, 1.165) is 17.6 Å². The van der Waals surface area contributed by atoms with E-state index in [1.54, 1.807) is 11.8 Å². The van der Waals surface area contributed by atoms with Crippen LogP contribution in [-0.2, 0) is 0 Å². The van der Waals surface area contributed by atoms with Gasteiger partial charge in [-0.3, -0.25) is 4.79 Å². The zero-order valence-corrected chi connectivity index (χ0v) is 13.7. The lowest BCUT2D eigenvalue weighted by Gasteiger charge is -2.25. The number of fused-ring (bicyclic) bond motifs is 1. The van der Waals surface area contributed by atoms with E-state index >= 15 is 0 Å². The number of aryl methyl sites for hydroxylation is 2. The molecule has 122 valence electrons. The fourth-order valence-corrected chi connectivity index (χ4v) is 3.30. The second-order valence-corrected chi connectivity index (χ2v) is 6.04. The molecule has 1 aliphatic rings. The summed E-state index contributed by atoms with van der Waals surface area (Å²) in [6, 6.07) is 8.31. The number of carbonyl (C=O) groups is 1. The van der Waals surface area contributed by atoms with Crippen LogP contribution in [0.4, 0.5) is 0 Å². The molecule has 4 rings (SSSR count). The van der Waals surface area contributed by atoms with Crippen molar-refractivity contribution in [3.8, 4) is 0 Å². The monoisotopic (exact) mass is 322 g/mol. The van der Waals surface area contributed by atoms with Crippen LogP contribution in [0.15, 0.2) is 34.9 Å². The van der Waals surface area contributed by atoms with Crippen molar-refractivity contribution in [2.45, 2.75) is 20.3 Å². The molecule has 24 heavy (non-hydrogen) atoms. The molecule has 0 atom stereocenters. The number of para-hydroxylation sites is 1. The van der Waals surface area contributed by atoms with Crippen molar-refractivity contribution < 1.29 is 9.32 Å². The molecule has 3 heterocycles. The van der Waals surface area contributed by atoms with Gasteiger partial charge in [0, 0.05) is 42.2 Å². The molecule has 2 aromatic heterocycles. The maximum Gasteiger partial charge on any atom is 0.295 e. The fraction of sp³-hybridized carbons (Fsp3) is 0.278. The summed E-state index contributed by atoms with van der Waals surface area (Å²) in [5.41, 5.74) is 4.84. The third-order valence-corrected chi connectivity index (χ3v) is 4.43. The summed E-state index contributed by atoms with van der Waals surface area (Å²) in [6.07, 6.45) is 2.93. The number of nitrogens with zero attached hydrogens (tertiary/aromatic N) is 3. The second-order valence-electron chi connectivity index (χ2n) is 6.04. The molecule has 0 radical (unpaired) electrons. The summed E-state index contributed by atoms with van der Waals surface area (Å²) in [6.45, 7) is 4.98. The Kier molecular flexibility index (Phi) is 3.45. The Labute approximate surface area is 139 Å². The Bertz CT molecular complexity index is 951. The molecule has 1 aromatic carbocycles. The minimum atomic E-state index is -0.183. The van der Waals surface area contributed by atoms with Crippen LogP contribution >= 0.6 is 0 Å². The molecule has 0 aliphatic carbocycles. The normalized spacial score (nSPS) is 14.9. The van der Waals surface area contributed by atoms with Gasteiger partial charge in [0.05, 0.1) is 0 Å². The number of rotatable bonds is 2. The predicted octanol–water partition coefficient (Wildman–Crippen LogP) is 3.10. The molecule has 1 N–H and O–H groups in total. The van der Waals surface area contributed by atoms with Gasteiger partial charge >= 0.3 is 0 Å². The molecular formula is C18H18N4O2. The number of amides is 1. The number of benzene rings is 1. The molecular weight excluding hydrogens is 304 g/mol. The molecule has 0 saturated heterocycles. The molecule has 6 nitrogen and oxygen atoms in total. The van der Waals surface area contributed by atoms with Crippen molar-refractivity contribution in [2.75, 3.05) is 13.1 Å². The summed E-state index contributed by atoms with van der Waals surface area (Å²) >= 11 is 0. The largest absolute Gasteiger partial charge is 0.358 e. The van der Waals surface area contributed by atoms with Gasteiger partial charge in [0.2, 0.25) is 5.89 Å². The summed E-state index contributed by atoms with van der Waals surface area (Å²) in [7, 11) is 0. The minimum absolute atomic E-state index is 0.132. The molecule has 1 aliphatic heterocycles. The second kappa shape index (κ2) is 5.63. The van der Waals surface area contributed by atoms with E-state index in [4.69, 9.17) is 4.52 Å². The van der Waals surface area contributed by atoms with Crippen molar-refractivity contribution in [1.29, 1.82) is 0 Å².